The molecule has 0 aromatic heterocycles. The van der Waals surface area contributed by atoms with Gasteiger partial charge in [-0.3, -0.25) is 0 Å². The van der Waals surface area contributed by atoms with Gasteiger partial charge in [-0.2, -0.15) is 5.26 Å². The summed E-state index contributed by atoms with van der Waals surface area (Å²) in [6.07, 6.45) is 4.14. The van der Waals surface area contributed by atoms with Crippen molar-refractivity contribution in [3.8, 4) is 6.19 Å². The van der Waals surface area contributed by atoms with E-state index in [0.29, 0.717) is 36.4 Å². The summed E-state index contributed by atoms with van der Waals surface area (Å²) in [6, 6.07) is 7.49. The summed E-state index contributed by atoms with van der Waals surface area (Å²) in [5, 5.41) is 22.2. The van der Waals surface area contributed by atoms with Crippen molar-refractivity contribution >= 4 is 34.6 Å². The number of nitriles is 1. The third kappa shape index (κ3) is 6.61. The van der Waals surface area contributed by atoms with Gasteiger partial charge in [-0.1, -0.05) is 35.5 Å². The lowest BCUT2D eigenvalue weighted by atomic mass is 9.88. The molecule has 1 aromatic rings. The molecule has 1 aliphatic heterocycles. The number of rotatable bonds is 6. The van der Waals surface area contributed by atoms with E-state index in [1.54, 1.807) is 12.3 Å². The number of hydrogen-bond acceptors (Lipinski definition) is 5. The molecule has 0 bridgehead atoms. The average Bonchev–Trinajstić information content (AvgIpc) is 2.67. The molecule has 9 heteroatoms. The minimum absolute atomic E-state index is 0.0566. The quantitative estimate of drug-likeness (QED) is 0.322. The molecule has 2 N–H and O–H groups in total. The van der Waals surface area contributed by atoms with Gasteiger partial charge < -0.3 is 20.1 Å². The number of nitrogens with one attached hydrogen (secondary N) is 1. The van der Waals surface area contributed by atoms with Crippen LogP contribution in [0.4, 0.5) is 4.79 Å². The Hall–Kier alpha value is -1.95. The summed E-state index contributed by atoms with van der Waals surface area (Å²) in [5.41, 5.74) is 0.940. The van der Waals surface area contributed by atoms with Crippen LogP contribution < -0.4 is 5.32 Å². The maximum atomic E-state index is 11.4. The number of thioether (sulfide) groups is 1. The van der Waals surface area contributed by atoms with Gasteiger partial charge in [-0.25, -0.2) is 4.79 Å². The average molecular weight is 411 g/mol. The predicted molar refractivity (Wildman–Crippen MR) is 107 cm³/mol. The third-order valence-corrected chi connectivity index (χ3v) is 5.21. The van der Waals surface area contributed by atoms with E-state index in [4.69, 9.17) is 21.6 Å². The summed E-state index contributed by atoms with van der Waals surface area (Å²) in [7, 11) is 0. The molecule has 0 spiro atoms. The van der Waals surface area contributed by atoms with Gasteiger partial charge in [0, 0.05) is 30.6 Å². The maximum Gasteiger partial charge on any atom is 0.407 e. The second-order valence-corrected chi connectivity index (χ2v) is 7.36. The molecule has 0 saturated carbocycles. The van der Waals surface area contributed by atoms with Crippen molar-refractivity contribution in [2.24, 2.45) is 10.9 Å². The van der Waals surface area contributed by atoms with Gasteiger partial charge in [-0.15, -0.1) is 4.99 Å². The lowest BCUT2D eigenvalue weighted by Crippen LogP contribution is -2.41. The van der Waals surface area contributed by atoms with Crippen LogP contribution in [0, 0.1) is 17.4 Å². The van der Waals surface area contributed by atoms with Gasteiger partial charge in [-0.05, 0) is 36.8 Å². The van der Waals surface area contributed by atoms with Gasteiger partial charge in [0.05, 0.1) is 12.7 Å². The summed E-state index contributed by atoms with van der Waals surface area (Å²) in [4.78, 5) is 16.5. The van der Waals surface area contributed by atoms with E-state index in [1.807, 2.05) is 24.5 Å². The fourth-order valence-corrected chi connectivity index (χ4v) is 3.74. The van der Waals surface area contributed by atoms with Crippen molar-refractivity contribution in [2.75, 3.05) is 32.5 Å². The molecule has 1 aromatic carbocycles. The zero-order valence-corrected chi connectivity index (χ0v) is 16.7. The molecule has 27 heavy (non-hydrogen) atoms. The summed E-state index contributed by atoms with van der Waals surface area (Å²) in [6.45, 7) is 1.88. The molecule has 1 saturated heterocycles. The zero-order valence-electron chi connectivity index (χ0n) is 15.1. The van der Waals surface area contributed by atoms with E-state index >= 15 is 0 Å². The molecular formula is C18H23ClN4O3S. The largest absolute Gasteiger partial charge is 0.465 e. The van der Waals surface area contributed by atoms with Gasteiger partial charge in [0.2, 0.25) is 6.19 Å². The number of piperidine rings is 1. The van der Waals surface area contributed by atoms with Crippen molar-refractivity contribution in [1.29, 1.82) is 5.26 Å². The number of carboxylic acid groups (broad SMARTS) is 1. The SMILES string of the molecule is CSC(=NC#N)NCCOC(c1cccc(Cl)c1)C1CCCN(C(=O)O)C1. The number of likely N-dealkylation sites (tertiary alicyclic amines) is 1. The van der Waals surface area contributed by atoms with Crippen LogP contribution in [0.15, 0.2) is 29.3 Å². The molecule has 2 rings (SSSR count). The third-order valence-electron chi connectivity index (χ3n) is 4.35. The van der Waals surface area contributed by atoms with Gasteiger partial charge in [0.25, 0.3) is 0 Å². The molecule has 0 aliphatic carbocycles. The van der Waals surface area contributed by atoms with Crippen molar-refractivity contribution < 1.29 is 14.6 Å². The van der Waals surface area contributed by atoms with Gasteiger partial charge in [0.1, 0.15) is 0 Å². The highest BCUT2D eigenvalue weighted by Crippen LogP contribution is 2.33. The van der Waals surface area contributed by atoms with Crippen LogP contribution in [-0.4, -0.2) is 53.8 Å². The van der Waals surface area contributed by atoms with Crippen LogP contribution in [0.2, 0.25) is 5.02 Å². The maximum absolute atomic E-state index is 11.4. The fourth-order valence-electron chi connectivity index (χ4n) is 3.17. The molecule has 2 unspecified atom stereocenters. The Morgan fingerprint density at radius 2 is 2.44 bits per heavy atom. The first-order valence-corrected chi connectivity index (χ1v) is 10.2. The Labute approximate surface area is 168 Å². The van der Waals surface area contributed by atoms with E-state index in [-0.39, 0.29) is 12.0 Å². The highest BCUT2D eigenvalue weighted by molar-refractivity contribution is 8.13. The van der Waals surface area contributed by atoms with Crippen LogP contribution >= 0.6 is 23.4 Å². The standard InChI is InChI=1S/C18H23ClN4O3S/c1-27-17(22-12-20)21-7-9-26-16(13-4-2-6-15(19)10-13)14-5-3-8-23(11-14)18(24)25/h2,4,6,10,14,16H,3,5,7-9,11H2,1H3,(H,21,22)(H,24,25). The smallest absolute Gasteiger partial charge is 0.407 e. The number of hydrogen-bond donors (Lipinski definition) is 2. The Morgan fingerprint density at radius 3 is 3.11 bits per heavy atom. The van der Waals surface area contributed by atoms with Gasteiger partial charge >= 0.3 is 6.09 Å². The first-order valence-electron chi connectivity index (χ1n) is 8.64. The van der Waals surface area contributed by atoms with Crippen molar-refractivity contribution in [1.82, 2.24) is 10.2 Å². The molecule has 1 heterocycles. The lowest BCUT2D eigenvalue weighted by Gasteiger charge is -2.35. The normalized spacial score (nSPS) is 18.6. The summed E-state index contributed by atoms with van der Waals surface area (Å²) >= 11 is 7.50. The molecule has 0 radical (unpaired) electrons. The van der Waals surface area contributed by atoms with Crippen molar-refractivity contribution in [2.45, 2.75) is 18.9 Å². The number of amides is 1. The minimum atomic E-state index is -0.900. The Bertz CT molecular complexity index is 710. The number of nitrogens with zero attached hydrogens (tertiary/aromatic N) is 3. The zero-order chi connectivity index (χ0) is 19.6. The van der Waals surface area contributed by atoms with Crippen molar-refractivity contribution in [3.05, 3.63) is 34.9 Å². The van der Waals surface area contributed by atoms with Crippen LogP contribution in [0.1, 0.15) is 24.5 Å². The monoisotopic (exact) mass is 410 g/mol. The summed E-state index contributed by atoms with van der Waals surface area (Å²) in [5.74, 6) is 0.0566. The predicted octanol–water partition coefficient (Wildman–Crippen LogP) is 3.58. The first kappa shape index (κ1) is 21.4. The van der Waals surface area contributed by atoms with E-state index in [9.17, 15) is 9.90 Å². The van der Waals surface area contributed by atoms with Crippen LogP contribution in [0.25, 0.3) is 0 Å². The number of amidine groups is 1. The molecule has 1 fully saturated rings. The minimum Gasteiger partial charge on any atom is -0.465 e. The van der Waals surface area contributed by atoms with Gasteiger partial charge in [0.15, 0.2) is 5.17 Å². The van der Waals surface area contributed by atoms with E-state index < -0.39 is 6.09 Å². The number of halogens is 1. The molecular weight excluding hydrogens is 388 g/mol. The second-order valence-electron chi connectivity index (χ2n) is 6.13. The van der Waals surface area contributed by atoms with Crippen LogP contribution in [0.5, 0.6) is 0 Å². The lowest BCUT2D eigenvalue weighted by molar-refractivity contribution is -0.0107. The number of ether oxygens (including phenoxy) is 1. The first-order chi connectivity index (χ1) is 13.0. The summed E-state index contributed by atoms with van der Waals surface area (Å²) < 4.78 is 6.14. The number of carbonyl (C=O) groups is 1. The Balaban J connectivity index is 2.05. The van der Waals surface area contributed by atoms with E-state index in [0.717, 1.165) is 18.4 Å². The van der Waals surface area contributed by atoms with Crippen LogP contribution in [-0.2, 0) is 4.74 Å². The highest BCUT2D eigenvalue weighted by atomic mass is 35.5. The molecule has 146 valence electrons. The topological polar surface area (TPSA) is 98.0 Å². The molecule has 1 aliphatic rings. The molecule has 1 amide bonds. The number of benzene rings is 1. The second kappa shape index (κ2) is 11.0. The molecule has 2 atom stereocenters. The fraction of sp³-hybridized carbons (Fsp3) is 0.500. The molecule has 7 nitrogen and oxygen atoms in total. The Kier molecular flexibility index (Phi) is 8.72. The van der Waals surface area contributed by atoms with E-state index in [2.05, 4.69) is 10.3 Å². The number of aliphatic imine (C=N–C) groups is 1. The highest BCUT2D eigenvalue weighted by Gasteiger charge is 2.31. The van der Waals surface area contributed by atoms with E-state index in [1.165, 1.54) is 16.7 Å². The van der Waals surface area contributed by atoms with Crippen LogP contribution in [0.3, 0.4) is 0 Å². The van der Waals surface area contributed by atoms with Crippen molar-refractivity contribution in [3.63, 3.8) is 0 Å². The Morgan fingerprint density at radius 1 is 1.63 bits per heavy atom.